The zero-order valence-corrected chi connectivity index (χ0v) is 16.5. The highest BCUT2D eigenvalue weighted by atomic mass is 16.6. The number of amides is 1. The molecule has 2 rings (SSSR count). The van der Waals surface area contributed by atoms with Crippen LogP contribution < -0.4 is 9.47 Å². The predicted molar refractivity (Wildman–Crippen MR) is 106 cm³/mol. The number of nitro benzene ring substituents is 1. The van der Waals surface area contributed by atoms with Gasteiger partial charge in [-0.1, -0.05) is 18.2 Å². The van der Waals surface area contributed by atoms with Gasteiger partial charge in [-0.25, -0.2) is 0 Å². The fourth-order valence-electron chi connectivity index (χ4n) is 2.82. The Bertz CT molecular complexity index is 837. The zero-order valence-electron chi connectivity index (χ0n) is 16.5. The Morgan fingerprint density at radius 1 is 1.07 bits per heavy atom. The number of carbonyl (C=O) groups is 1. The number of methoxy groups -OCH3 is 2. The SMILES string of the molecule is COc1ccc(CCN(Cc2ccc(C)c([N+](=O)[O-])c2)C(C)=O)cc1OC.O. The van der Waals surface area contributed by atoms with E-state index in [9.17, 15) is 14.9 Å². The molecule has 2 aromatic rings. The van der Waals surface area contributed by atoms with Crippen molar-refractivity contribution < 1.29 is 24.7 Å². The number of rotatable bonds is 8. The van der Waals surface area contributed by atoms with Crippen LogP contribution in [0.25, 0.3) is 0 Å². The summed E-state index contributed by atoms with van der Waals surface area (Å²) >= 11 is 0. The molecule has 0 bridgehead atoms. The van der Waals surface area contributed by atoms with Gasteiger partial charge in [-0.15, -0.1) is 0 Å². The topological polar surface area (TPSA) is 113 Å². The minimum Gasteiger partial charge on any atom is -0.493 e. The summed E-state index contributed by atoms with van der Waals surface area (Å²) in [6.07, 6.45) is 0.633. The van der Waals surface area contributed by atoms with Gasteiger partial charge in [-0.2, -0.15) is 0 Å². The van der Waals surface area contributed by atoms with Crippen molar-refractivity contribution >= 4 is 11.6 Å². The van der Waals surface area contributed by atoms with Gasteiger partial charge in [-0.05, 0) is 36.6 Å². The predicted octanol–water partition coefficient (Wildman–Crippen LogP) is 2.69. The van der Waals surface area contributed by atoms with E-state index in [1.807, 2.05) is 24.3 Å². The van der Waals surface area contributed by atoms with Crippen LogP contribution >= 0.6 is 0 Å². The highest BCUT2D eigenvalue weighted by molar-refractivity contribution is 5.73. The van der Waals surface area contributed by atoms with Crippen LogP contribution in [0, 0.1) is 17.0 Å². The van der Waals surface area contributed by atoms with Crippen LogP contribution in [0.2, 0.25) is 0 Å². The average molecular weight is 390 g/mol. The van der Waals surface area contributed by atoms with Crippen molar-refractivity contribution in [2.75, 3.05) is 20.8 Å². The van der Waals surface area contributed by atoms with Crippen molar-refractivity contribution in [1.82, 2.24) is 4.90 Å². The van der Waals surface area contributed by atoms with Crippen LogP contribution in [0.5, 0.6) is 11.5 Å². The lowest BCUT2D eigenvalue weighted by molar-refractivity contribution is -0.385. The van der Waals surface area contributed by atoms with Gasteiger partial charge in [-0.3, -0.25) is 14.9 Å². The van der Waals surface area contributed by atoms with Gasteiger partial charge in [0, 0.05) is 31.6 Å². The third-order valence-corrected chi connectivity index (χ3v) is 4.41. The molecule has 2 N–H and O–H groups in total. The number of hydrogen-bond acceptors (Lipinski definition) is 5. The van der Waals surface area contributed by atoms with Crippen LogP contribution in [0.3, 0.4) is 0 Å². The van der Waals surface area contributed by atoms with E-state index in [1.54, 1.807) is 32.1 Å². The van der Waals surface area contributed by atoms with E-state index in [2.05, 4.69) is 0 Å². The summed E-state index contributed by atoms with van der Waals surface area (Å²) in [5.74, 6) is 1.20. The Labute approximate surface area is 164 Å². The maximum Gasteiger partial charge on any atom is 0.272 e. The molecule has 28 heavy (non-hydrogen) atoms. The lowest BCUT2D eigenvalue weighted by Crippen LogP contribution is -2.30. The third kappa shape index (κ3) is 5.68. The van der Waals surface area contributed by atoms with Crippen molar-refractivity contribution in [3.8, 4) is 11.5 Å². The van der Waals surface area contributed by atoms with E-state index in [4.69, 9.17) is 9.47 Å². The first-order valence-corrected chi connectivity index (χ1v) is 8.56. The number of benzene rings is 2. The fourth-order valence-corrected chi connectivity index (χ4v) is 2.82. The summed E-state index contributed by atoms with van der Waals surface area (Å²) in [5.41, 5.74) is 2.41. The minimum atomic E-state index is -0.402. The number of aryl methyl sites for hydroxylation is 1. The summed E-state index contributed by atoms with van der Waals surface area (Å²) in [7, 11) is 3.16. The highest BCUT2D eigenvalue weighted by Crippen LogP contribution is 2.28. The van der Waals surface area contributed by atoms with Crippen LogP contribution in [0.1, 0.15) is 23.6 Å². The molecule has 0 aliphatic carbocycles. The van der Waals surface area contributed by atoms with Crippen molar-refractivity contribution in [2.45, 2.75) is 26.8 Å². The molecule has 8 nitrogen and oxygen atoms in total. The van der Waals surface area contributed by atoms with Crippen molar-refractivity contribution in [1.29, 1.82) is 0 Å². The summed E-state index contributed by atoms with van der Waals surface area (Å²) < 4.78 is 10.5. The average Bonchev–Trinajstić information content (AvgIpc) is 2.65. The largest absolute Gasteiger partial charge is 0.493 e. The molecule has 0 aliphatic rings. The van der Waals surface area contributed by atoms with Crippen LogP contribution in [-0.2, 0) is 17.8 Å². The molecule has 0 aliphatic heterocycles. The standard InChI is InChI=1S/C20H24N2O5.H2O/c1-14-5-6-17(11-18(14)22(24)25)13-21(15(2)23)10-9-16-7-8-19(26-3)20(12-16)27-4;/h5-8,11-12H,9-10,13H2,1-4H3;1H2. The summed E-state index contributed by atoms with van der Waals surface area (Å²) in [6, 6.07) is 10.7. The van der Waals surface area contributed by atoms with E-state index in [0.717, 1.165) is 11.1 Å². The van der Waals surface area contributed by atoms with Gasteiger partial charge in [0.1, 0.15) is 0 Å². The maximum absolute atomic E-state index is 12.0. The van der Waals surface area contributed by atoms with Crippen LogP contribution in [0.4, 0.5) is 5.69 Å². The first-order valence-electron chi connectivity index (χ1n) is 8.56. The Morgan fingerprint density at radius 3 is 2.29 bits per heavy atom. The van der Waals surface area contributed by atoms with E-state index < -0.39 is 4.92 Å². The van der Waals surface area contributed by atoms with Gasteiger partial charge in [0.25, 0.3) is 5.69 Å². The summed E-state index contributed by atoms with van der Waals surface area (Å²) in [5, 5.41) is 11.1. The van der Waals surface area contributed by atoms with Gasteiger partial charge in [0.2, 0.25) is 5.91 Å². The second-order valence-electron chi connectivity index (χ2n) is 6.26. The molecule has 0 heterocycles. The Balaban J connectivity index is 0.00000392. The first-order chi connectivity index (χ1) is 12.8. The number of carbonyl (C=O) groups excluding carboxylic acids is 1. The first kappa shape index (κ1) is 22.9. The molecule has 8 heteroatoms. The number of hydrogen-bond donors (Lipinski definition) is 0. The maximum atomic E-state index is 12.0. The molecule has 0 atom stereocenters. The van der Waals surface area contributed by atoms with Crippen molar-refractivity contribution in [3.05, 3.63) is 63.2 Å². The Kier molecular flexibility index (Phi) is 8.40. The van der Waals surface area contributed by atoms with E-state index >= 15 is 0 Å². The van der Waals surface area contributed by atoms with E-state index in [-0.39, 0.29) is 17.1 Å². The molecular weight excluding hydrogens is 364 g/mol. The van der Waals surface area contributed by atoms with E-state index in [1.165, 1.54) is 13.0 Å². The Hall–Kier alpha value is -3.13. The monoisotopic (exact) mass is 390 g/mol. The van der Waals surface area contributed by atoms with Gasteiger partial charge in [0.15, 0.2) is 11.5 Å². The van der Waals surface area contributed by atoms with Crippen molar-refractivity contribution in [2.24, 2.45) is 0 Å². The van der Waals surface area contributed by atoms with Gasteiger partial charge >= 0.3 is 0 Å². The summed E-state index contributed by atoms with van der Waals surface area (Å²) in [4.78, 5) is 24.4. The molecule has 0 aromatic heterocycles. The van der Waals surface area contributed by atoms with Gasteiger partial charge in [0.05, 0.1) is 19.1 Å². The quantitative estimate of drug-likeness (QED) is 0.508. The molecule has 0 radical (unpaired) electrons. The van der Waals surface area contributed by atoms with E-state index in [0.29, 0.717) is 36.6 Å². The van der Waals surface area contributed by atoms with Crippen molar-refractivity contribution in [3.63, 3.8) is 0 Å². The highest BCUT2D eigenvalue weighted by Gasteiger charge is 2.15. The Morgan fingerprint density at radius 2 is 1.71 bits per heavy atom. The molecule has 0 spiro atoms. The number of nitro groups is 1. The third-order valence-electron chi connectivity index (χ3n) is 4.41. The molecule has 0 saturated heterocycles. The molecule has 0 unspecified atom stereocenters. The summed E-state index contributed by atoms with van der Waals surface area (Å²) in [6.45, 7) is 4.01. The van der Waals surface area contributed by atoms with Crippen LogP contribution in [-0.4, -0.2) is 42.0 Å². The number of ether oxygens (including phenoxy) is 2. The lowest BCUT2D eigenvalue weighted by atomic mass is 10.1. The molecule has 2 aromatic carbocycles. The fraction of sp³-hybridized carbons (Fsp3) is 0.350. The minimum absolute atomic E-state index is 0. The van der Waals surface area contributed by atoms with Crippen LogP contribution in [0.15, 0.2) is 36.4 Å². The second kappa shape index (κ2) is 10.3. The molecule has 0 saturated carbocycles. The number of nitrogens with zero attached hydrogens (tertiary/aromatic N) is 2. The smallest absolute Gasteiger partial charge is 0.272 e. The molecule has 152 valence electrons. The van der Waals surface area contributed by atoms with Gasteiger partial charge < -0.3 is 19.8 Å². The normalized spacial score (nSPS) is 10.0. The zero-order chi connectivity index (χ0) is 20.0. The second-order valence-corrected chi connectivity index (χ2v) is 6.26. The molecule has 0 fully saturated rings. The lowest BCUT2D eigenvalue weighted by Gasteiger charge is -2.21. The molecular formula is C20H26N2O6. The molecule has 1 amide bonds.